The van der Waals surface area contributed by atoms with Crippen molar-refractivity contribution in [3.63, 3.8) is 0 Å². The quantitative estimate of drug-likeness (QED) is 0.382. The molecule has 0 saturated carbocycles. The Balaban J connectivity index is 1.44. The van der Waals surface area contributed by atoms with Crippen LogP contribution >= 0.6 is 11.3 Å². The van der Waals surface area contributed by atoms with E-state index in [0.29, 0.717) is 24.3 Å². The van der Waals surface area contributed by atoms with Crippen molar-refractivity contribution in [2.75, 3.05) is 22.9 Å². The van der Waals surface area contributed by atoms with E-state index in [1.54, 1.807) is 28.4 Å². The molecule has 2 amide bonds. The van der Waals surface area contributed by atoms with Crippen LogP contribution in [0.25, 0.3) is 16.8 Å². The fraction of sp³-hybridized carbons (Fsp3) is 0.107. The second kappa shape index (κ2) is 9.56. The second-order valence-corrected chi connectivity index (χ2v) is 9.28. The first kappa shape index (κ1) is 22.6. The first-order valence-electron chi connectivity index (χ1n) is 11.2. The number of carbonyl (C=O) groups excluding carboxylic acids is 2. The van der Waals surface area contributed by atoms with Crippen LogP contribution in [-0.2, 0) is 16.0 Å². The SMILES string of the molecule is O=C(O)c1ccc2c(c1)N(C(=O)/C=C/c1ccc3ccccc3c1)CC(=O)N2CCc1cccs1. The van der Waals surface area contributed by atoms with E-state index < -0.39 is 5.97 Å². The lowest BCUT2D eigenvalue weighted by molar-refractivity contribution is -0.120. The van der Waals surface area contributed by atoms with Gasteiger partial charge in [-0.05, 0) is 64.5 Å². The highest BCUT2D eigenvalue weighted by Crippen LogP contribution is 2.35. The molecule has 0 radical (unpaired) electrons. The highest BCUT2D eigenvalue weighted by atomic mass is 32.1. The number of hydrogen-bond donors (Lipinski definition) is 1. The first-order valence-corrected chi connectivity index (χ1v) is 12.1. The molecule has 0 aliphatic carbocycles. The van der Waals surface area contributed by atoms with Gasteiger partial charge in [-0.2, -0.15) is 0 Å². The number of fused-ring (bicyclic) bond motifs is 2. The summed E-state index contributed by atoms with van der Waals surface area (Å²) >= 11 is 1.62. The van der Waals surface area contributed by atoms with E-state index in [1.165, 1.54) is 23.1 Å². The number of amides is 2. The Morgan fingerprint density at radius 2 is 1.77 bits per heavy atom. The van der Waals surface area contributed by atoms with Crippen LogP contribution in [0.3, 0.4) is 0 Å². The number of benzene rings is 3. The Morgan fingerprint density at radius 1 is 0.943 bits per heavy atom. The van der Waals surface area contributed by atoms with Gasteiger partial charge in [0, 0.05) is 17.5 Å². The summed E-state index contributed by atoms with van der Waals surface area (Å²) in [6.45, 7) is 0.301. The van der Waals surface area contributed by atoms with Crippen LogP contribution in [0.4, 0.5) is 11.4 Å². The van der Waals surface area contributed by atoms with Gasteiger partial charge < -0.3 is 10.0 Å². The summed E-state index contributed by atoms with van der Waals surface area (Å²) in [5.41, 5.74) is 1.88. The molecule has 0 unspecified atom stereocenters. The molecular formula is C28H22N2O4S. The molecule has 2 heterocycles. The zero-order chi connectivity index (χ0) is 24.4. The van der Waals surface area contributed by atoms with Gasteiger partial charge in [0.15, 0.2) is 0 Å². The van der Waals surface area contributed by atoms with Crippen molar-refractivity contribution in [1.29, 1.82) is 0 Å². The summed E-state index contributed by atoms with van der Waals surface area (Å²) in [6.07, 6.45) is 3.82. The summed E-state index contributed by atoms with van der Waals surface area (Å²) in [7, 11) is 0. The normalized spacial score (nSPS) is 13.4. The van der Waals surface area contributed by atoms with Gasteiger partial charge >= 0.3 is 5.97 Å². The van der Waals surface area contributed by atoms with Crippen molar-refractivity contribution in [2.45, 2.75) is 6.42 Å². The third-order valence-electron chi connectivity index (χ3n) is 6.02. The lowest BCUT2D eigenvalue weighted by Crippen LogP contribution is -2.48. The molecule has 4 aromatic rings. The predicted molar refractivity (Wildman–Crippen MR) is 139 cm³/mol. The number of nitrogens with zero attached hydrogens (tertiary/aromatic N) is 2. The lowest BCUT2D eigenvalue weighted by atomic mass is 10.1. The smallest absolute Gasteiger partial charge is 0.335 e. The average molecular weight is 483 g/mol. The second-order valence-electron chi connectivity index (χ2n) is 8.25. The van der Waals surface area contributed by atoms with Gasteiger partial charge in [0.2, 0.25) is 5.91 Å². The van der Waals surface area contributed by atoms with E-state index >= 15 is 0 Å². The molecule has 1 aliphatic rings. The van der Waals surface area contributed by atoms with Crippen LogP contribution in [0, 0.1) is 0 Å². The predicted octanol–water partition coefficient (Wildman–Crippen LogP) is 5.24. The number of rotatable bonds is 6. The zero-order valence-electron chi connectivity index (χ0n) is 18.8. The van der Waals surface area contributed by atoms with E-state index in [0.717, 1.165) is 21.2 Å². The number of carboxylic acid groups (broad SMARTS) is 1. The molecule has 6 nitrogen and oxygen atoms in total. The van der Waals surface area contributed by atoms with Crippen molar-refractivity contribution < 1.29 is 19.5 Å². The molecule has 1 aliphatic heterocycles. The minimum Gasteiger partial charge on any atom is -0.478 e. The maximum Gasteiger partial charge on any atom is 0.335 e. The topological polar surface area (TPSA) is 77.9 Å². The van der Waals surface area contributed by atoms with Crippen LogP contribution in [0.15, 0.2) is 84.3 Å². The first-order chi connectivity index (χ1) is 17.0. The van der Waals surface area contributed by atoms with Crippen molar-refractivity contribution in [1.82, 2.24) is 0 Å². The highest BCUT2D eigenvalue weighted by molar-refractivity contribution is 7.09. The van der Waals surface area contributed by atoms with Crippen LogP contribution in [-0.4, -0.2) is 36.0 Å². The molecule has 1 aromatic heterocycles. The number of hydrogen-bond acceptors (Lipinski definition) is 4. The number of carboxylic acids is 1. The molecule has 5 rings (SSSR count). The molecule has 174 valence electrons. The summed E-state index contributed by atoms with van der Waals surface area (Å²) in [4.78, 5) is 42.0. The average Bonchev–Trinajstić information content (AvgIpc) is 3.39. The molecular weight excluding hydrogens is 460 g/mol. The van der Waals surface area contributed by atoms with Gasteiger partial charge in [-0.15, -0.1) is 11.3 Å². The van der Waals surface area contributed by atoms with Crippen LogP contribution in [0.2, 0.25) is 0 Å². The fourth-order valence-electron chi connectivity index (χ4n) is 4.23. The van der Waals surface area contributed by atoms with Gasteiger partial charge in [0.1, 0.15) is 6.54 Å². The minimum absolute atomic E-state index is 0.0626. The molecule has 0 saturated heterocycles. The molecule has 7 heteroatoms. The van der Waals surface area contributed by atoms with Crippen LogP contribution in [0.1, 0.15) is 20.8 Å². The van der Waals surface area contributed by atoms with Gasteiger partial charge in [-0.25, -0.2) is 4.79 Å². The summed E-state index contributed by atoms with van der Waals surface area (Å²) < 4.78 is 0. The Kier molecular flexibility index (Phi) is 6.16. The Labute approximate surface area is 206 Å². The van der Waals surface area contributed by atoms with Crippen LogP contribution in [0.5, 0.6) is 0 Å². The molecule has 0 atom stereocenters. The van der Waals surface area contributed by atoms with E-state index in [1.807, 2.05) is 60.0 Å². The van der Waals surface area contributed by atoms with Crippen LogP contribution < -0.4 is 9.80 Å². The Bertz CT molecular complexity index is 1460. The standard InChI is InChI=1S/C28H22N2O4S/c31-26(12-8-19-7-9-20-4-1-2-5-21(20)16-19)30-18-27(32)29(14-13-23-6-3-15-35-23)24-11-10-22(28(33)34)17-25(24)30/h1-12,15-17H,13-14,18H2,(H,33,34)/b12-8+. The van der Waals surface area contributed by atoms with E-state index in [9.17, 15) is 19.5 Å². The number of thiophene rings is 1. The number of anilines is 2. The van der Waals surface area contributed by atoms with E-state index in [2.05, 4.69) is 0 Å². The van der Waals surface area contributed by atoms with Gasteiger partial charge in [0.25, 0.3) is 5.91 Å². The lowest BCUT2D eigenvalue weighted by Gasteiger charge is -2.36. The molecule has 3 aromatic carbocycles. The molecule has 0 spiro atoms. The Morgan fingerprint density at radius 3 is 2.54 bits per heavy atom. The molecule has 0 fully saturated rings. The summed E-state index contributed by atoms with van der Waals surface area (Å²) in [5, 5.41) is 13.7. The van der Waals surface area contributed by atoms with Crippen molar-refractivity contribution in [3.8, 4) is 0 Å². The van der Waals surface area contributed by atoms with Crippen molar-refractivity contribution >= 4 is 57.3 Å². The van der Waals surface area contributed by atoms with E-state index in [-0.39, 0.29) is 23.9 Å². The minimum atomic E-state index is -1.09. The monoisotopic (exact) mass is 482 g/mol. The number of aromatic carboxylic acids is 1. The third kappa shape index (κ3) is 4.72. The maximum absolute atomic E-state index is 13.2. The molecule has 1 N–H and O–H groups in total. The Hall–Kier alpha value is -4.23. The third-order valence-corrected chi connectivity index (χ3v) is 6.95. The zero-order valence-corrected chi connectivity index (χ0v) is 19.6. The summed E-state index contributed by atoms with van der Waals surface area (Å²) in [5.74, 6) is -1.67. The fourth-order valence-corrected chi connectivity index (χ4v) is 4.93. The molecule has 35 heavy (non-hydrogen) atoms. The van der Waals surface area contributed by atoms with Gasteiger partial charge in [-0.1, -0.05) is 42.5 Å². The van der Waals surface area contributed by atoms with Gasteiger partial charge in [-0.3, -0.25) is 14.5 Å². The summed E-state index contributed by atoms with van der Waals surface area (Å²) in [6, 6.07) is 22.4. The van der Waals surface area contributed by atoms with Crippen molar-refractivity contribution in [3.05, 3.63) is 100 Å². The van der Waals surface area contributed by atoms with Crippen molar-refractivity contribution in [2.24, 2.45) is 0 Å². The molecule has 0 bridgehead atoms. The van der Waals surface area contributed by atoms with E-state index in [4.69, 9.17) is 0 Å². The van der Waals surface area contributed by atoms with Gasteiger partial charge in [0.05, 0.1) is 16.9 Å². The maximum atomic E-state index is 13.2. The largest absolute Gasteiger partial charge is 0.478 e. The highest BCUT2D eigenvalue weighted by Gasteiger charge is 2.32. The number of carbonyl (C=O) groups is 3.